The number of thiophene rings is 1. The molecule has 176 valence electrons. The van der Waals surface area contributed by atoms with Gasteiger partial charge >= 0.3 is 20.8 Å². The van der Waals surface area contributed by atoms with Crippen LogP contribution in [-0.2, 0) is 20.8 Å². The van der Waals surface area contributed by atoms with E-state index in [4.69, 9.17) is 20.0 Å². The molecule has 34 heavy (non-hydrogen) atoms. The largest absolute Gasteiger partial charge is 0.446 e. The highest BCUT2D eigenvalue weighted by atomic mass is 79.9. The SMILES string of the molecule is O=S(=O)(O)Oc1c(-c2sc3c(ccc4cccc(Cl)c43)c2OS(=O)(=O)O)[nH]c2ccc(Br)cc12. The number of rotatable bonds is 5. The fourth-order valence-corrected chi connectivity index (χ4v) is 6.51. The Hall–Kier alpha value is -2.39. The van der Waals surface area contributed by atoms with E-state index in [9.17, 15) is 25.9 Å². The second-order valence-electron chi connectivity index (χ2n) is 7.08. The Labute approximate surface area is 209 Å². The first kappa shape index (κ1) is 23.4. The zero-order chi connectivity index (χ0) is 24.4. The van der Waals surface area contributed by atoms with Crippen molar-refractivity contribution in [3.8, 4) is 22.1 Å². The fraction of sp³-hybridized carbons (Fsp3) is 0. The molecule has 2 aromatic heterocycles. The van der Waals surface area contributed by atoms with Crippen LogP contribution in [0, 0.1) is 0 Å². The van der Waals surface area contributed by atoms with Crippen LogP contribution in [0.5, 0.6) is 11.5 Å². The van der Waals surface area contributed by atoms with Crippen LogP contribution in [0.2, 0.25) is 5.02 Å². The zero-order valence-corrected chi connectivity index (χ0v) is 21.2. The molecule has 0 radical (unpaired) electrons. The number of aromatic amines is 1. The van der Waals surface area contributed by atoms with Crippen LogP contribution in [-0.4, -0.2) is 30.9 Å². The van der Waals surface area contributed by atoms with E-state index in [0.717, 1.165) is 16.7 Å². The molecular weight excluding hydrogens is 594 g/mol. The molecule has 0 spiro atoms. The van der Waals surface area contributed by atoms with Crippen LogP contribution >= 0.6 is 38.9 Å². The summed E-state index contributed by atoms with van der Waals surface area (Å²) in [6, 6.07) is 13.4. The van der Waals surface area contributed by atoms with E-state index in [1.807, 2.05) is 6.07 Å². The molecule has 5 aromatic rings. The number of hydrogen-bond acceptors (Lipinski definition) is 7. The zero-order valence-electron chi connectivity index (χ0n) is 16.4. The lowest BCUT2D eigenvalue weighted by Crippen LogP contribution is -2.08. The second-order valence-corrected chi connectivity index (χ2v) is 11.5. The molecule has 0 unspecified atom stereocenters. The van der Waals surface area contributed by atoms with Gasteiger partial charge in [-0.3, -0.25) is 9.11 Å². The van der Waals surface area contributed by atoms with Gasteiger partial charge < -0.3 is 13.4 Å². The van der Waals surface area contributed by atoms with Crippen LogP contribution in [0.15, 0.2) is 53.0 Å². The maximum Gasteiger partial charge on any atom is 0.446 e. The Balaban J connectivity index is 1.93. The molecule has 3 N–H and O–H groups in total. The van der Waals surface area contributed by atoms with Crippen molar-refractivity contribution in [1.29, 1.82) is 0 Å². The lowest BCUT2D eigenvalue weighted by atomic mass is 10.1. The first-order valence-corrected chi connectivity index (χ1v) is 13.9. The number of H-pyrrole nitrogens is 1. The number of nitrogens with one attached hydrogen (secondary N) is 1. The normalized spacial score (nSPS) is 12.6. The summed E-state index contributed by atoms with van der Waals surface area (Å²) in [4.78, 5) is 3.07. The van der Waals surface area contributed by atoms with Gasteiger partial charge in [0.2, 0.25) is 0 Å². The van der Waals surface area contributed by atoms with Crippen LogP contribution in [0.3, 0.4) is 0 Å². The van der Waals surface area contributed by atoms with Crippen molar-refractivity contribution in [2.24, 2.45) is 0 Å². The van der Waals surface area contributed by atoms with E-state index in [0.29, 0.717) is 30.5 Å². The van der Waals surface area contributed by atoms with Gasteiger partial charge in [-0.15, -0.1) is 11.3 Å². The molecule has 0 fully saturated rings. The lowest BCUT2D eigenvalue weighted by molar-refractivity contribution is 0.385. The van der Waals surface area contributed by atoms with Gasteiger partial charge in [0.05, 0.1) is 4.88 Å². The Morgan fingerprint density at radius 2 is 1.62 bits per heavy atom. The van der Waals surface area contributed by atoms with Gasteiger partial charge in [0.1, 0.15) is 5.69 Å². The topological polar surface area (TPSA) is 143 Å². The van der Waals surface area contributed by atoms with Crippen molar-refractivity contribution >= 4 is 91.4 Å². The maximum absolute atomic E-state index is 11.7. The summed E-state index contributed by atoms with van der Waals surface area (Å²) in [7, 11) is -9.93. The van der Waals surface area contributed by atoms with Crippen LogP contribution in [0.4, 0.5) is 0 Å². The molecule has 0 bridgehead atoms. The summed E-state index contributed by atoms with van der Waals surface area (Å²) in [5, 5.41) is 2.34. The maximum atomic E-state index is 11.7. The number of halogens is 2. The van der Waals surface area contributed by atoms with E-state index < -0.39 is 20.8 Å². The number of aromatic nitrogens is 1. The van der Waals surface area contributed by atoms with E-state index in [-0.39, 0.29) is 27.5 Å². The number of benzene rings is 3. The highest BCUT2D eigenvalue weighted by Crippen LogP contribution is 2.52. The molecule has 0 saturated heterocycles. The minimum Gasteiger partial charge on any atom is -0.359 e. The minimum atomic E-state index is -4.97. The molecule has 0 aliphatic heterocycles. The molecule has 9 nitrogen and oxygen atoms in total. The molecule has 0 aliphatic carbocycles. The highest BCUT2D eigenvalue weighted by molar-refractivity contribution is 9.10. The standard InChI is InChI=1S/C20H11BrClNO8S3/c21-10-5-7-14-12(8-10)17(30-33(24,25)26)16(23-14)20-18(31-34(27,28)29)11-6-4-9-2-1-3-13(22)15(9)19(11)32-20/h1-8,23H,(H,24,25,26)(H,27,28,29). The summed E-state index contributed by atoms with van der Waals surface area (Å²) in [5.41, 5.74) is 0.431. The second kappa shape index (κ2) is 8.09. The summed E-state index contributed by atoms with van der Waals surface area (Å²) < 4.78 is 76.5. The molecule has 0 saturated carbocycles. The third kappa shape index (κ3) is 4.24. The van der Waals surface area contributed by atoms with Crippen molar-refractivity contribution in [3.63, 3.8) is 0 Å². The quantitative estimate of drug-likeness (QED) is 0.208. The lowest BCUT2D eigenvalue weighted by Gasteiger charge is -2.06. The Morgan fingerprint density at radius 1 is 0.912 bits per heavy atom. The van der Waals surface area contributed by atoms with E-state index in [1.165, 1.54) is 0 Å². The van der Waals surface area contributed by atoms with Gasteiger partial charge in [0.25, 0.3) is 0 Å². The molecule has 2 heterocycles. The Kier molecular flexibility index (Phi) is 5.55. The predicted molar refractivity (Wildman–Crippen MR) is 134 cm³/mol. The van der Waals surface area contributed by atoms with Gasteiger partial charge in [0, 0.05) is 35.9 Å². The number of fused-ring (bicyclic) bond motifs is 4. The number of hydrogen-bond donors (Lipinski definition) is 3. The van der Waals surface area contributed by atoms with Crippen LogP contribution in [0.1, 0.15) is 0 Å². The monoisotopic (exact) mass is 603 g/mol. The summed E-state index contributed by atoms with van der Waals surface area (Å²) in [6.07, 6.45) is 0. The van der Waals surface area contributed by atoms with Crippen molar-refractivity contribution in [2.75, 3.05) is 0 Å². The molecule has 3 aromatic carbocycles. The average Bonchev–Trinajstić information content (AvgIpc) is 3.24. The molecule has 0 aliphatic rings. The minimum absolute atomic E-state index is 0.00535. The summed E-state index contributed by atoms with van der Waals surface area (Å²) in [6.45, 7) is 0. The van der Waals surface area contributed by atoms with E-state index >= 15 is 0 Å². The molecule has 0 amide bonds. The first-order valence-electron chi connectivity index (χ1n) is 9.20. The smallest absolute Gasteiger partial charge is 0.359 e. The summed E-state index contributed by atoms with van der Waals surface area (Å²) in [5.74, 6) is -0.559. The average molecular weight is 605 g/mol. The van der Waals surface area contributed by atoms with Crippen LogP contribution in [0.25, 0.3) is 42.3 Å². The molecular formula is C20H11BrClNO8S3. The van der Waals surface area contributed by atoms with Crippen molar-refractivity contribution in [3.05, 3.63) is 58.0 Å². The van der Waals surface area contributed by atoms with Gasteiger partial charge in [-0.05, 0) is 35.7 Å². The Bertz CT molecular complexity index is 1840. The van der Waals surface area contributed by atoms with Gasteiger partial charge in [-0.25, -0.2) is 0 Å². The molecule has 14 heteroatoms. The summed E-state index contributed by atoms with van der Waals surface area (Å²) >= 11 is 10.8. The van der Waals surface area contributed by atoms with Gasteiger partial charge in [-0.1, -0.05) is 45.7 Å². The van der Waals surface area contributed by atoms with Crippen molar-refractivity contribution in [1.82, 2.24) is 4.98 Å². The van der Waals surface area contributed by atoms with Gasteiger partial charge in [0.15, 0.2) is 11.5 Å². The van der Waals surface area contributed by atoms with Crippen LogP contribution < -0.4 is 8.37 Å². The highest BCUT2D eigenvalue weighted by Gasteiger charge is 2.28. The molecule has 5 rings (SSSR count). The predicted octanol–water partition coefficient (Wildman–Crippen LogP) is 5.98. The third-order valence-corrected chi connectivity index (χ3v) is 7.70. The Morgan fingerprint density at radius 3 is 2.32 bits per heavy atom. The van der Waals surface area contributed by atoms with Gasteiger partial charge in [-0.2, -0.15) is 16.8 Å². The fourth-order valence-electron chi connectivity index (χ4n) is 3.70. The van der Waals surface area contributed by atoms with Crippen molar-refractivity contribution in [2.45, 2.75) is 0 Å². The molecule has 0 atom stereocenters. The van der Waals surface area contributed by atoms with E-state index in [2.05, 4.69) is 20.9 Å². The first-order chi connectivity index (χ1) is 15.9. The third-order valence-electron chi connectivity index (χ3n) is 4.92. The van der Waals surface area contributed by atoms with E-state index in [1.54, 1.807) is 42.5 Å². The van der Waals surface area contributed by atoms with Crippen molar-refractivity contribution < 1.29 is 34.3 Å².